The average Bonchev–Trinajstić information content (AvgIpc) is 2.51. The Hall–Kier alpha value is 0.270. The lowest BCUT2D eigenvalue weighted by atomic mass is 9.70. The molecule has 122 valence electrons. The van der Waals surface area contributed by atoms with Crippen LogP contribution >= 0.6 is 11.8 Å². The van der Waals surface area contributed by atoms with Crippen LogP contribution in [-0.4, -0.2) is 35.8 Å². The molecule has 1 N–H and O–H groups in total. The van der Waals surface area contributed by atoms with Gasteiger partial charge in [-0.2, -0.15) is 11.8 Å². The Labute approximate surface area is 135 Å². The maximum atomic E-state index is 6.12. The van der Waals surface area contributed by atoms with Gasteiger partial charge in [-0.05, 0) is 57.4 Å². The van der Waals surface area contributed by atoms with Crippen LogP contribution in [0, 0.1) is 5.92 Å². The van der Waals surface area contributed by atoms with Crippen molar-refractivity contribution in [1.82, 2.24) is 5.32 Å². The summed E-state index contributed by atoms with van der Waals surface area (Å²) in [5.74, 6) is 2.16. The molecule has 21 heavy (non-hydrogen) atoms. The summed E-state index contributed by atoms with van der Waals surface area (Å²) in [4.78, 5) is 0. The molecule has 0 radical (unpaired) electrons. The zero-order valence-electron chi connectivity index (χ0n) is 13.7. The van der Waals surface area contributed by atoms with Crippen LogP contribution in [0.4, 0.5) is 0 Å². The Morgan fingerprint density at radius 1 is 1.14 bits per heavy atom. The molecule has 2 atom stereocenters. The van der Waals surface area contributed by atoms with E-state index in [9.17, 15) is 0 Å². The lowest BCUT2D eigenvalue weighted by Crippen LogP contribution is -2.51. The van der Waals surface area contributed by atoms with E-state index < -0.39 is 0 Å². The maximum Gasteiger partial charge on any atom is 0.0685 e. The van der Waals surface area contributed by atoms with E-state index in [4.69, 9.17) is 4.74 Å². The van der Waals surface area contributed by atoms with Gasteiger partial charge in [0.2, 0.25) is 0 Å². The first kappa shape index (κ1) is 16.1. The van der Waals surface area contributed by atoms with Crippen LogP contribution in [0.3, 0.4) is 0 Å². The van der Waals surface area contributed by atoms with Crippen molar-refractivity contribution in [2.75, 3.05) is 18.9 Å². The third-order valence-electron chi connectivity index (χ3n) is 5.89. The van der Waals surface area contributed by atoms with Crippen molar-refractivity contribution in [1.29, 1.82) is 0 Å². The highest BCUT2D eigenvalue weighted by Gasteiger charge is 2.44. The molecule has 0 aromatic rings. The van der Waals surface area contributed by atoms with E-state index in [2.05, 4.69) is 24.0 Å². The topological polar surface area (TPSA) is 21.3 Å². The summed E-state index contributed by atoms with van der Waals surface area (Å²) >= 11 is 2.26. The summed E-state index contributed by atoms with van der Waals surface area (Å²) in [6.45, 7) is 4.37. The van der Waals surface area contributed by atoms with Gasteiger partial charge < -0.3 is 10.1 Å². The largest absolute Gasteiger partial charge is 0.375 e. The van der Waals surface area contributed by atoms with Gasteiger partial charge in [-0.15, -0.1) is 0 Å². The van der Waals surface area contributed by atoms with Crippen molar-refractivity contribution in [2.24, 2.45) is 5.92 Å². The molecule has 1 heterocycles. The first-order valence-electron chi connectivity index (χ1n) is 9.30. The molecule has 3 rings (SSSR count). The number of hydrogen-bond donors (Lipinski definition) is 1. The van der Waals surface area contributed by atoms with Gasteiger partial charge in [-0.25, -0.2) is 0 Å². The van der Waals surface area contributed by atoms with E-state index in [1.807, 2.05) is 0 Å². The number of rotatable bonds is 6. The lowest BCUT2D eigenvalue weighted by Gasteiger charge is -2.49. The molecule has 1 spiro atoms. The number of nitrogens with one attached hydrogen (secondary N) is 1. The predicted octanol–water partition coefficient (Wildman–Crippen LogP) is 4.38. The summed E-state index contributed by atoms with van der Waals surface area (Å²) in [5.41, 5.74) is 0.298. The molecule has 2 unspecified atom stereocenters. The first-order chi connectivity index (χ1) is 10.3. The van der Waals surface area contributed by atoms with Crippen LogP contribution < -0.4 is 5.32 Å². The van der Waals surface area contributed by atoms with Crippen LogP contribution in [0.1, 0.15) is 71.1 Å². The van der Waals surface area contributed by atoms with Gasteiger partial charge in [0.25, 0.3) is 0 Å². The molecule has 3 fully saturated rings. The first-order valence-corrected chi connectivity index (χ1v) is 10.4. The lowest BCUT2D eigenvalue weighted by molar-refractivity contribution is -0.146. The number of thioether (sulfide) groups is 1. The van der Waals surface area contributed by atoms with E-state index in [-0.39, 0.29) is 0 Å². The van der Waals surface area contributed by atoms with Crippen molar-refractivity contribution < 1.29 is 4.74 Å². The van der Waals surface area contributed by atoms with Crippen LogP contribution in [0.15, 0.2) is 0 Å². The molecule has 2 aliphatic carbocycles. The fourth-order valence-electron chi connectivity index (χ4n) is 4.42. The van der Waals surface area contributed by atoms with Crippen molar-refractivity contribution >= 4 is 11.8 Å². The van der Waals surface area contributed by atoms with Crippen LogP contribution in [-0.2, 0) is 4.74 Å². The summed E-state index contributed by atoms with van der Waals surface area (Å²) < 4.78 is 6.12. The normalized spacial score (nSPS) is 31.0. The quantitative estimate of drug-likeness (QED) is 0.786. The van der Waals surface area contributed by atoms with E-state index in [0.717, 1.165) is 24.3 Å². The van der Waals surface area contributed by atoms with Crippen LogP contribution in [0.5, 0.6) is 0 Å². The maximum absolute atomic E-state index is 6.12. The molecular formula is C18H33NOS. The minimum atomic E-state index is 0.298. The predicted molar refractivity (Wildman–Crippen MR) is 92.1 cm³/mol. The van der Waals surface area contributed by atoms with Gasteiger partial charge >= 0.3 is 0 Å². The smallest absolute Gasteiger partial charge is 0.0685 e. The highest BCUT2D eigenvalue weighted by molar-refractivity contribution is 7.99. The van der Waals surface area contributed by atoms with Gasteiger partial charge in [0, 0.05) is 23.7 Å². The zero-order chi connectivity index (χ0) is 14.5. The Balaban J connectivity index is 1.50. The average molecular weight is 312 g/mol. The molecular weight excluding hydrogens is 278 g/mol. The number of ether oxygens (including phenoxy) is 1. The third kappa shape index (κ3) is 4.17. The monoisotopic (exact) mass is 311 g/mol. The van der Waals surface area contributed by atoms with Crippen molar-refractivity contribution in [3.8, 4) is 0 Å². The minimum Gasteiger partial charge on any atom is -0.375 e. The van der Waals surface area contributed by atoms with Crippen molar-refractivity contribution in [3.05, 3.63) is 0 Å². The second kappa shape index (κ2) is 7.70. The fourth-order valence-corrected chi connectivity index (χ4v) is 5.96. The number of hydrogen-bond acceptors (Lipinski definition) is 3. The molecule has 0 bridgehead atoms. The molecule has 0 amide bonds. The summed E-state index contributed by atoms with van der Waals surface area (Å²) in [6, 6.07) is 0.711. The standard InChI is InChI=1S/C18H33NOS/c1-2-19-17(14-21-16-7-4-3-5-8-16)15-9-12-20-18(13-15)10-6-11-18/h15-17,19H,2-14H2,1H3. The Kier molecular flexibility index (Phi) is 5.92. The van der Waals surface area contributed by atoms with Crippen LogP contribution in [0.25, 0.3) is 0 Å². The second-order valence-corrected chi connectivity index (χ2v) is 8.73. The highest BCUT2D eigenvalue weighted by atomic mass is 32.2. The van der Waals surface area contributed by atoms with Crippen molar-refractivity contribution in [3.63, 3.8) is 0 Å². The summed E-state index contributed by atoms with van der Waals surface area (Å²) in [6.07, 6.45) is 13.9. The second-order valence-electron chi connectivity index (χ2n) is 7.40. The molecule has 0 aromatic carbocycles. The fraction of sp³-hybridized carbons (Fsp3) is 1.00. The molecule has 0 aromatic heterocycles. The molecule has 3 heteroatoms. The minimum absolute atomic E-state index is 0.298. The van der Waals surface area contributed by atoms with Crippen LogP contribution in [0.2, 0.25) is 0 Å². The van der Waals surface area contributed by atoms with E-state index in [1.165, 1.54) is 70.0 Å². The molecule has 2 nitrogen and oxygen atoms in total. The highest BCUT2D eigenvalue weighted by Crippen LogP contribution is 2.45. The summed E-state index contributed by atoms with van der Waals surface area (Å²) in [7, 11) is 0. The van der Waals surface area contributed by atoms with Gasteiger partial charge in [0.15, 0.2) is 0 Å². The Bertz CT molecular complexity index is 312. The van der Waals surface area contributed by atoms with Gasteiger partial charge in [-0.1, -0.05) is 26.2 Å². The summed E-state index contributed by atoms with van der Waals surface area (Å²) in [5, 5.41) is 4.74. The zero-order valence-corrected chi connectivity index (χ0v) is 14.6. The Morgan fingerprint density at radius 3 is 2.62 bits per heavy atom. The van der Waals surface area contributed by atoms with Crippen molar-refractivity contribution in [2.45, 2.75) is 88.0 Å². The molecule has 3 aliphatic rings. The molecule has 2 saturated carbocycles. The molecule has 1 aliphatic heterocycles. The van der Waals surface area contributed by atoms with Gasteiger partial charge in [0.1, 0.15) is 0 Å². The molecule has 1 saturated heterocycles. The SMILES string of the molecule is CCNC(CSC1CCCCC1)C1CCOC2(CCC2)C1. The van der Waals surface area contributed by atoms with Gasteiger partial charge in [-0.3, -0.25) is 0 Å². The van der Waals surface area contributed by atoms with E-state index in [1.54, 1.807) is 0 Å². The Morgan fingerprint density at radius 2 is 1.95 bits per heavy atom. The van der Waals surface area contributed by atoms with E-state index >= 15 is 0 Å². The van der Waals surface area contributed by atoms with Gasteiger partial charge in [0.05, 0.1) is 5.60 Å². The van der Waals surface area contributed by atoms with E-state index in [0.29, 0.717) is 11.6 Å². The third-order valence-corrected chi connectivity index (χ3v) is 7.39.